The molecule has 0 rings (SSSR count). The van der Waals surface area contributed by atoms with Crippen molar-refractivity contribution in [2.75, 3.05) is 20.6 Å². The molecule has 0 aromatic carbocycles. The van der Waals surface area contributed by atoms with Crippen LogP contribution in [0.3, 0.4) is 0 Å². The molecule has 0 aliphatic carbocycles. The molecule has 0 aromatic rings. The molecule has 0 aromatic heterocycles. The zero-order valence-corrected chi connectivity index (χ0v) is 21.0. The number of hydrogen-bond acceptors (Lipinski definition) is 2. The largest absolute Gasteiger partial charge is 0.412 e. The second kappa shape index (κ2) is 38.5. The van der Waals surface area contributed by atoms with Gasteiger partial charge in [0, 0.05) is 0 Å². The molecule has 0 unspecified atom stereocenters. The molecule has 0 saturated carbocycles. The van der Waals surface area contributed by atoms with Crippen molar-refractivity contribution in [3.05, 3.63) is 0 Å². The number of unbranched alkanes of at least 4 members (excludes halogenated alkanes) is 15. The van der Waals surface area contributed by atoms with Gasteiger partial charge in [-0.2, -0.15) is 4.21 Å². The van der Waals surface area contributed by atoms with E-state index in [1.54, 1.807) is 0 Å². The third-order valence-electron chi connectivity index (χ3n) is 4.46. The summed E-state index contributed by atoms with van der Waals surface area (Å²) in [5.41, 5.74) is 0. The SMILES string of the molecule is CC.CCCCCCCCCCCCCCCCCCN(C)C.O.O.O=S(O)O. The summed E-state index contributed by atoms with van der Waals surface area (Å²) in [5, 5.41) is 0. The molecule has 6 nitrogen and oxygen atoms in total. The van der Waals surface area contributed by atoms with Crippen LogP contribution in [0.25, 0.3) is 0 Å². The quantitative estimate of drug-likeness (QED) is 0.214. The van der Waals surface area contributed by atoms with Gasteiger partial charge in [0.25, 0.3) is 11.4 Å². The lowest BCUT2D eigenvalue weighted by Crippen LogP contribution is -2.12. The summed E-state index contributed by atoms with van der Waals surface area (Å²) in [6, 6.07) is 0. The van der Waals surface area contributed by atoms with Crippen LogP contribution in [-0.4, -0.2) is 49.8 Å². The smallest absolute Gasteiger partial charge is 0.299 e. The summed E-state index contributed by atoms with van der Waals surface area (Å²) in [6.07, 6.45) is 23.3. The molecule has 0 saturated heterocycles. The molecular formula is C22H55NO5S. The van der Waals surface area contributed by atoms with E-state index in [-0.39, 0.29) is 11.0 Å². The van der Waals surface area contributed by atoms with E-state index >= 15 is 0 Å². The standard InChI is InChI=1S/C20H43N.C2H6.H2O3S.2H2O/c1-4-5-6-7-8-9-10-11-12-13-14-15-16-17-18-19-20-21(2)3;1-2;1-4(2)3;;/h4-20H2,1-3H3;1-2H3;(H2,1,2,3);2*1H2. The molecule has 0 aliphatic rings. The maximum absolute atomic E-state index is 8.67. The lowest BCUT2D eigenvalue weighted by atomic mass is 10.0. The van der Waals surface area contributed by atoms with Gasteiger partial charge in [-0.15, -0.1) is 0 Å². The lowest BCUT2D eigenvalue weighted by molar-refractivity contribution is 0.389. The van der Waals surface area contributed by atoms with Gasteiger partial charge >= 0.3 is 0 Å². The van der Waals surface area contributed by atoms with Gasteiger partial charge < -0.3 is 15.9 Å². The molecule has 184 valence electrons. The molecule has 0 spiro atoms. The maximum atomic E-state index is 8.67. The van der Waals surface area contributed by atoms with Crippen LogP contribution >= 0.6 is 0 Å². The Kier molecular flexibility index (Phi) is 52.4. The molecule has 0 radical (unpaired) electrons. The van der Waals surface area contributed by atoms with Gasteiger partial charge in [0.1, 0.15) is 0 Å². The molecule has 6 N–H and O–H groups in total. The number of hydrogen-bond donors (Lipinski definition) is 2. The fourth-order valence-corrected chi connectivity index (χ4v) is 2.98. The van der Waals surface area contributed by atoms with Crippen molar-refractivity contribution < 1.29 is 24.3 Å². The van der Waals surface area contributed by atoms with Crippen LogP contribution in [0.5, 0.6) is 0 Å². The first-order chi connectivity index (χ1) is 13.0. The van der Waals surface area contributed by atoms with Crippen molar-refractivity contribution in [2.24, 2.45) is 0 Å². The summed E-state index contributed by atoms with van der Waals surface area (Å²) < 4.78 is 22.8. The lowest BCUT2D eigenvalue weighted by Gasteiger charge is -2.08. The van der Waals surface area contributed by atoms with Gasteiger partial charge in [0.2, 0.25) is 0 Å². The summed E-state index contributed by atoms with van der Waals surface area (Å²) in [6.45, 7) is 7.56. The Morgan fingerprint density at radius 3 is 1.00 bits per heavy atom. The van der Waals surface area contributed by atoms with Crippen molar-refractivity contribution in [2.45, 2.75) is 124 Å². The van der Waals surface area contributed by atoms with Crippen LogP contribution in [0.4, 0.5) is 0 Å². The Hall–Kier alpha value is -0.0500. The molecule has 29 heavy (non-hydrogen) atoms. The summed E-state index contributed by atoms with van der Waals surface area (Å²) in [4.78, 5) is 2.30. The Morgan fingerprint density at radius 1 is 0.586 bits per heavy atom. The first kappa shape index (κ1) is 39.4. The van der Waals surface area contributed by atoms with Crippen molar-refractivity contribution >= 4 is 11.4 Å². The first-order valence-electron chi connectivity index (χ1n) is 11.4. The van der Waals surface area contributed by atoms with E-state index in [4.69, 9.17) is 13.3 Å². The first-order valence-corrected chi connectivity index (χ1v) is 12.5. The molecule has 0 aliphatic heterocycles. The predicted molar refractivity (Wildman–Crippen MR) is 130 cm³/mol. The average molecular weight is 446 g/mol. The molecule has 0 heterocycles. The van der Waals surface area contributed by atoms with Crippen molar-refractivity contribution in [1.82, 2.24) is 4.90 Å². The second-order valence-electron chi connectivity index (χ2n) is 7.34. The van der Waals surface area contributed by atoms with E-state index in [0.717, 1.165) is 0 Å². The van der Waals surface area contributed by atoms with E-state index in [1.807, 2.05) is 13.8 Å². The molecule has 0 bridgehead atoms. The fraction of sp³-hybridized carbons (Fsp3) is 1.00. The molecule has 0 amide bonds. The Bertz CT molecular complexity index is 266. The maximum Gasteiger partial charge on any atom is 0.299 e. The Labute approximate surface area is 185 Å². The van der Waals surface area contributed by atoms with E-state index < -0.39 is 11.4 Å². The fourth-order valence-electron chi connectivity index (χ4n) is 2.98. The minimum atomic E-state index is -2.61. The van der Waals surface area contributed by atoms with Crippen molar-refractivity contribution in [1.29, 1.82) is 0 Å². The van der Waals surface area contributed by atoms with Gasteiger partial charge in [-0.1, -0.05) is 117 Å². The molecule has 0 atom stereocenters. The van der Waals surface area contributed by atoms with Gasteiger partial charge in [-0.05, 0) is 27.1 Å². The van der Waals surface area contributed by atoms with Crippen LogP contribution in [0.2, 0.25) is 0 Å². The van der Waals surface area contributed by atoms with E-state index in [1.165, 1.54) is 109 Å². The number of nitrogens with zero attached hydrogens (tertiary/aromatic N) is 1. The summed E-state index contributed by atoms with van der Waals surface area (Å²) >= 11 is -2.61. The molecule has 7 heteroatoms. The zero-order valence-electron chi connectivity index (χ0n) is 20.2. The highest BCUT2D eigenvalue weighted by atomic mass is 32.2. The van der Waals surface area contributed by atoms with Crippen molar-refractivity contribution in [3.8, 4) is 0 Å². The highest BCUT2D eigenvalue weighted by Gasteiger charge is 1.95. The third kappa shape index (κ3) is 58.4. The predicted octanol–water partition coefficient (Wildman–Crippen LogP) is 5.87. The molecule has 0 fully saturated rings. The van der Waals surface area contributed by atoms with E-state index in [2.05, 4.69) is 25.9 Å². The van der Waals surface area contributed by atoms with Crippen LogP contribution in [0.15, 0.2) is 0 Å². The number of rotatable bonds is 17. The Morgan fingerprint density at radius 2 is 0.793 bits per heavy atom. The minimum Gasteiger partial charge on any atom is -0.412 e. The van der Waals surface area contributed by atoms with Gasteiger partial charge in [0.15, 0.2) is 0 Å². The van der Waals surface area contributed by atoms with Gasteiger partial charge in [-0.25, -0.2) is 0 Å². The van der Waals surface area contributed by atoms with Crippen molar-refractivity contribution in [3.63, 3.8) is 0 Å². The third-order valence-corrected chi connectivity index (χ3v) is 4.46. The van der Waals surface area contributed by atoms with Gasteiger partial charge in [-0.3, -0.25) is 9.11 Å². The summed E-state index contributed by atoms with van der Waals surface area (Å²) in [5.74, 6) is 0. The van der Waals surface area contributed by atoms with E-state index in [0.29, 0.717) is 0 Å². The van der Waals surface area contributed by atoms with Crippen LogP contribution in [0.1, 0.15) is 124 Å². The van der Waals surface area contributed by atoms with Gasteiger partial charge in [0.05, 0.1) is 0 Å². The Balaban J connectivity index is -0.000000213. The van der Waals surface area contributed by atoms with E-state index in [9.17, 15) is 0 Å². The topological polar surface area (TPSA) is 124 Å². The van der Waals surface area contributed by atoms with Crippen LogP contribution < -0.4 is 0 Å². The minimum absolute atomic E-state index is 0. The van der Waals surface area contributed by atoms with Crippen LogP contribution in [-0.2, 0) is 11.4 Å². The highest BCUT2D eigenvalue weighted by molar-refractivity contribution is 7.73. The second-order valence-corrected chi connectivity index (χ2v) is 7.80. The van der Waals surface area contributed by atoms with Crippen LogP contribution in [0, 0.1) is 0 Å². The average Bonchev–Trinajstić information content (AvgIpc) is 2.62. The zero-order chi connectivity index (χ0) is 21.2. The monoisotopic (exact) mass is 445 g/mol. The highest BCUT2D eigenvalue weighted by Crippen LogP contribution is 2.13. The molecular weight excluding hydrogens is 390 g/mol. The normalized spacial score (nSPS) is 9.69. The summed E-state index contributed by atoms with van der Waals surface area (Å²) in [7, 11) is 4.34.